The second-order valence-electron chi connectivity index (χ2n) is 3.91. The van der Waals surface area contributed by atoms with E-state index in [0.29, 0.717) is 6.26 Å². The van der Waals surface area contributed by atoms with Crippen LogP contribution in [0.25, 0.3) is 0 Å². The van der Waals surface area contributed by atoms with Gasteiger partial charge in [0.15, 0.2) is 0 Å². The fraction of sp³-hybridized carbons (Fsp3) is 0.818. The van der Waals surface area contributed by atoms with Gasteiger partial charge in [0.1, 0.15) is 0 Å². The molecule has 1 heterocycles. The number of nitrogens with zero attached hydrogens (tertiary/aromatic N) is 1. The molecular weight excluding hydrogens is 226 g/mol. The van der Waals surface area contributed by atoms with Crippen molar-refractivity contribution >= 4 is 10.1 Å². The van der Waals surface area contributed by atoms with Crippen molar-refractivity contribution in [3.8, 4) is 0 Å². The molecule has 16 heavy (non-hydrogen) atoms. The number of hydrogen-bond acceptors (Lipinski definition) is 3. The van der Waals surface area contributed by atoms with Gasteiger partial charge in [-0.3, -0.25) is 4.55 Å². The van der Waals surface area contributed by atoms with E-state index < -0.39 is 10.1 Å². The molecule has 5 heteroatoms. The van der Waals surface area contributed by atoms with E-state index in [1.54, 1.807) is 5.70 Å². The van der Waals surface area contributed by atoms with E-state index in [1.807, 2.05) is 0 Å². The summed E-state index contributed by atoms with van der Waals surface area (Å²) in [5.74, 6) is 0. The van der Waals surface area contributed by atoms with Gasteiger partial charge < -0.3 is 4.90 Å². The summed E-state index contributed by atoms with van der Waals surface area (Å²) < 4.78 is 25.9. The Labute approximate surface area is 99.1 Å². The molecule has 0 fully saturated rings. The molecule has 0 aromatic rings. The molecule has 1 N–H and O–H groups in total. The van der Waals surface area contributed by atoms with Crippen LogP contribution in [0.15, 0.2) is 11.8 Å². The minimum atomic E-state index is -3.67. The quantitative estimate of drug-likeness (QED) is 0.777. The Morgan fingerprint density at radius 1 is 1.44 bits per heavy atom. The van der Waals surface area contributed by atoms with Crippen molar-refractivity contribution in [2.24, 2.45) is 0 Å². The summed E-state index contributed by atoms with van der Waals surface area (Å²) in [6.45, 7) is 7.04. The van der Waals surface area contributed by atoms with E-state index in [2.05, 4.69) is 24.8 Å². The summed E-state index contributed by atoms with van der Waals surface area (Å²) in [6, 6.07) is 0. The highest BCUT2D eigenvalue weighted by Gasteiger charge is 2.11. The van der Waals surface area contributed by atoms with Gasteiger partial charge >= 0.3 is 0 Å². The first kappa shape index (κ1) is 15.4. The molecule has 0 spiro atoms. The number of hydrogen-bond donors (Lipinski definition) is 1. The lowest BCUT2D eigenvalue weighted by molar-refractivity contribution is 0.359. The zero-order valence-electron chi connectivity index (χ0n) is 10.4. The van der Waals surface area contributed by atoms with Crippen LogP contribution >= 0.6 is 0 Å². The lowest BCUT2D eigenvalue weighted by Gasteiger charge is -2.20. The molecule has 0 aromatic heterocycles. The number of unbranched alkanes of at least 4 members (excludes halogenated alkanes) is 1. The van der Waals surface area contributed by atoms with Crippen LogP contribution in [-0.2, 0) is 10.1 Å². The summed E-state index contributed by atoms with van der Waals surface area (Å²) in [6.07, 6.45) is 8.24. The highest BCUT2D eigenvalue weighted by atomic mass is 32.2. The van der Waals surface area contributed by atoms with Crippen LogP contribution in [-0.4, -0.2) is 37.2 Å². The minimum absolute atomic E-state index is 0.715. The zero-order valence-corrected chi connectivity index (χ0v) is 11.3. The van der Waals surface area contributed by atoms with E-state index in [4.69, 9.17) is 4.55 Å². The van der Waals surface area contributed by atoms with Gasteiger partial charge in [0.25, 0.3) is 10.1 Å². The van der Waals surface area contributed by atoms with E-state index in [0.717, 1.165) is 0 Å². The van der Waals surface area contributed by atoms with Crippen LogP contribution < -0.4 is 0 Å². The van der Waals surface area contributed by atoms with Crippen molar-refractivity contribution in [2.75, 3.05) is 19.3 Å². The molecular formula is C11H23NO3S. The van der Waals surface area contributed by atoms with Crippen molar-refractivity contribution < 1.29 is 13.0 Å². The standard InChI is InChI=1S/C10H19N.CH4O3S/c1-3-5-8-11-9-6-7-10(11)4-2;1-5(2,3)4/h7H,3-6,8-9H2,1-2H3;1H3,(H,2,3,4). The fourth-order valence-electron chi connectivity index (χ4n) is 1.63. The second kappa shape index (κ2) is 7.68. The van der Waals surface area contributed by atoms with Gasteiger partial charge in [-0.2, -0.15) is 8.42 Å². The van der Waals surface area contributed by atoms with Gasteiger partial charge in [-0.25, -0.2) is 0 Å². The molecule has 0 saturated heterocycles. The predicted molar refractivity (Wildman–Crippen MR) is 66.9 cm³/mol. The van der Waals surface area contributed by atoms with E-state index in [9.17, 15) is 8.42 Å². The van der Waals surface area contributed by atoms with E-state index in [-0.39, 0.29) is 0 Å². The molecule has 0 unspecified atom stereocenters. The third-order valence-electron chi connectivity index (χ3n) is 2.33. The molecule has 0 amide bonds. The summed E-state index contributed by atoms with van der Waals surface area (Å²) in [4.78, 5) is 2.53. The van der Waals surface area contributed by atoms with Crippen LogP contribution in [0.2, 0.25) is 0 Å². The SMILES string of the molecule is CCCCN1CCC=C1CC.CS(=O)(=O)O. The first-order chi connectivity index (χ1) is 7.38. The molecule has 1 aliphatic heterocycles. The van der Waals surface area contributed by atoms with E-state index in [1.165, 1.54) is 38.8 Å². The summed E-state index contributed by atoms with van der Waals surface area (Å²) in [5, 5.41) is 0. The Morgan fingerprint density at radius 3 is 2.44 bits per heavy atom. The smallest absolute Gasteiger partial charge is 0.261 e. The third-order valence-corrected chi connectivity index (χ3v) is 2.33. The zero-order chi connectivity index (χ0) is 12.6. The maximum atomic E-state index is 9.19. The molecule has 0 radical (unpaired) electrons. The Morgan fingerprint density at radius 2 is 2.00 bits per heavy atom. The molecule has 0 aromatic carbocycles. The van der Waals surface area contributed by atoms with Crippen LogP contribution in [0.3, 0.4) is 0 Å². The van der Waals surface area contributed by atoms with Gasteiger partial charge in [-0.05, 0) is 19.3 Å². The van der Waals surface area contributed by atoms with Gasteiger partial charge in [0, 0.05) is 18.8 Å². The van der Waals surface area contributed by atoms with Crippen molar-refractivity contribution in [1.82, 2.24) is 4.90 Å². The molecule has 0 aliphatic carbocycles. The minimum Gasteiger partial charge on any atom is -0.375 e. The Balaban J connectivity index is 0.000000385. The van der Waals surface area contributed by atoms with Gasteiger partial charge in [-0.15, -0.1) is 0 Å². The predicted octanol–water partition coefficient (Wildman–Crippen LogP) is 2.29. The molecule has 0 saturated carbocycles. The van der Waals surface area contributed by atoms with Crippen molar-refractivity contribution in [2.45, 2.75) is 39.5 Å². The number of rotatable bonds is 4. The molecule has 0 bridgehead atoms. The van der Waals surface area contributed by atoms with E-state index >= 15 is 0 Å². The summed E-state index contributed by atoms with van der Waals surface area (Å²) in [7, 11) is -3.67. The third kappa shape index (κ3) is 8.73. The first-order valence-corrected chi connectivity index (χ1v) is 7.59. The van der Waals surface area contributed by atoms with Crippen LogP contribution in [0.1, 0.15) is 39.5 Å². The first-order valence-electron chi connectivity index (χ1n) is 5.74. The summed E-state index contributed by atoms with van der Waals surface area (Å²) in [5.41, 5.74) is 1.57. The molecule has 1 rings (SSSR count). The van der Waals surface area contributed by atoms with Gasteiger partial charge in [-0.1, -0.05) is 26.3 Å². The summed E-state index contributed by atoms with van der Waals surface area (Å²) >= 11 is 0. The van der Waals surface area contributed by atoms with Crippen molar-refractivity contribution in [3.05, 3.63) is 11.8 Å². The van der Waals surface area contributed by atoms with Gasteiger partial charge in [0.05, 0.1) is 6.26 Å². The second-order valence-corrected chi connectivity index (χ2v) is 5.38. The molecule has 1 aliphatic rings. The lowest BCUT2D eigenvalue weighted by atomic mass is 10.3. The maximum Gasteiger partial charge on any atom is 0.261 e. The van der Waals surface area contributed by atoms with Crippen LogP contribution in [0.5, 0.6) is 0 Å². The fourth-order valence-corrected chi connectivity index (χ4v) is 1.63. The Hall–Kier alpha value is -0.550. The average molecular weight is 249 g/mol. The van der Waals surface area contributed by atoms with Gasteiger partial charge in [0.2, 0.25) is 0 Å². The maximum absolute atomic E-state index is 9.19. The molecule has 4 nitrogen and oxygen atoms in total. The largest absolute Gasteiger partial charge is 0.375 e. The molecule has 0 atom stereocenters. The highest BCUT2D eigenvalue weighted by molar-refractivity contribution is 7.85. The Kier molecular flexibility index (Phi) is 7.42. The monoisotopic (exact) mass is 249 g/mol. The van der Waals surface area contributed by atoms with Crippen LogP contribution in [0, 0.1) is 0 Å². The van der Waals surface area contributed by atoms with Crippen molar-refractivity contribution in [3.63, 3.8) is 0 Å². The van der Waals surface area contributed by atoms with Crippen molar-refractivity contribution in [1.29, 1.82) is 0 Å². The topological polar surface area (TPSA) is 57.6 Å². The molecule has 96 valence electrons. The average Bonchev–Trinajstić information content (AvgIpc) is 2.59. The highest BCUT2D eigenvalue weighted by Crippen LogP contribution is 2.17. The lowest BCUT2D eigenvalue weighted by Crippen LogP contribution is -2.20. The normalized spacial score (nSPS) is 15.5. The van der Waals surface area contributed by atoms with Crippen LogP contribution in [0.4, 0.5) is 0 Å². The Bertz CT molecular complexity index is 301. The number of allylic oxidation sites excluding steroid dienone is 1.